The van der Waals surface area contributed by atoms with Crippen LogP contribution in [0.2, 0.25) is 0 Å². The maximum absolute atomic E-state index is 11.5. The molecule has 0 bridgehead atoms. The quantitative estimate of drug-likeness (QED) is 0.169. The van der Waals surface area contributed by atoms with Gasteiger partial charge in [-0.2, -0.15) is 0 Å². The molecular weight excluding hydrogens is 433 g/mol. The third kappa shape index (κ3) is 13.3. The lowest BCUT2D eigenvalue weighted by atomic mass is 9.98. The number of rotatable bonds is 10. The lowest BCUT2D eigenvalue weighted by Gasteiger charge is -2.21. The number of hydrogen-bond acceptors (Lipinski definition) is 4. The van der Waals surface area contributed by atoms with Crippen molar-refractivity contribution >= 4 is 35.9 Å². The lowest BCUT2D eigenvalue weighted by Crippen LogP contribution is -2.38. The molecule has 0 radical (unpaired) electrons. The Morgan fingerprint density at radius 2 is 1.92 bits per heavy atom. The molecule has 0 unspecified atom stereocenters. The average Bonchev–Trinajstić information content (AvgIpc) is 2.54. The highest BCUT2D eigenvalue weighted by Crippen LogP contribution is 2.20. The molecule has 0 aliphatic heterocycles. The van der Waals surface area contributed by atoms with Gasteiger partial charge in [0.1, 0.15) is 0 Å². The zero-order valence-corrected chi connectivity index (χ0v) is 18.3. The molecule has 0 aromatic rings. The topological polar surface area (TPSA) is 72.0 Å². The molecule has 1 fully saturated rings. The second-order valence-corrected chi connectivity index (χ2v) is 6.46. The van der Waals surface area contributed by atoms with Gasteiger partial charge in [0.15, 0.2) is 5.96 Å². The first-order valence-electron chi connectivity index (χ1n) is 9.45. The van der Waals surface area contributed by atoms with Gasteiger partial charge in [0.2, 0.25) is 0 Å². The Morgan fingerprint density at radius 3 is 2.56 bits per heavy atom. The molecule has 1 rings (SSSR count). The first-order valence-corrected chi connectivity index (χ1v) is 9.45. The van der Waals surface area contributed by atoms with Gasteiger partial charge in [0, 0.05) is 26.2 Å². The number of carbonyl (C=O) groups is 1. The van der Waals surface area contributed by atoms with Crippen LogP contribution in [0.15, 0.2) is 4.99 Å². The summed E-state index contributed by atoms with van der Waals surface area (Å²) >= 11 is 0. The van der Waals surface area contributed by atoms with Crippen LogP contribution in [0.5, 0.6) is 0 Å². The highest BCUT2D eigenvalue weighted by Gasteiger charge is 2.12. The molecule has 1 aliphatic rings. The van der Waals surface area contributed by atoms with Crippen LogP contribution in [0.4, 0.5) is 0 Å². The molecule has 0 heterocycles. The standard InChI is InChI=1S/C18H35N3O3.HI/c1-4-19-18(21-13-11-17(22)24-15(2)3)20-12-8-14-23-16-9-6-5-7-10-16;/h15-16H,4-14H2,1-3H3,(H2,19,20,21);1H. The predicted octanol–water partition coefficient (Wildman–Crippen LogP) is 3.24. The summed E-state index contributed by atoms with van der Waals surface area (Å²) < 4.78 is 11.0. The Morgan fingerprint density at radius 1 is 1.20 bits per heavy atom. The van der Waals surface area contributed by atoms with E-state index in [9.17, 15) is 4.79 Å². The SMILES string of the molecule is CCNC(=NCCCOC1CCCCC1)NCCC(=O)OC(C)C.I. The molecule has 1 aliphatic carbocycles. The fourth-order valence-electron chi connectivity index (χ4n) is 2.68. The van der Waals surface area contributed by atoms with E-state index in [1.165, 1.54) is 32.1 Å². The van der Waals surface area contributed by atoms with Crippen LogP contribution < -0.4 is 10.6 Å². The van der Waals surface area contributed by atoms with Crippen molar-refractivity contribution in [2.24, 2.45) is 4.99 Å². The second-order valence-electron chi connectivity index (χ2n) is 6.46. The van der Waals surface area contributed by atoms with E-state index in [1.54, 1.807) is 0 Å². The van der Waals surface area contributed by atoms with Gasteiger partial charge in [0.25, 0.3) is 0 Å². The minimum Gasteiger partial charge on any atom is -0.463 e. The van der Waals surface area contributed by atoms with Crippen molar-refractivity contribution in [1.29, 1.82) is 0 Å². The molecule has 0 aromatic heterocycles. The molecule has 148 valence electrons. The summed E-state index contributed by atoms with van der Waals surface area (Å²) in [7, 11) is 0. The fraction of sp³-hybridized carbons (Fsp3) is 0.889. The Kier molecular flexibility index (Phi) is 15.3. The molecule has 0 atom stereocenters. The van der Waals surface area contributed by atoms with Gasteiger partial charge in [-0.25, -0.2) is 0 Å². The van der Waals surface area contributed by atoms with E-state index in [2.05, 4.69) is 15.6 Å². The Balaban J connectivity index is 0.00000576. The molecular formula is C18H36IN3O3. The third-order valence-electron chi connectivity index (χ3n) is 3.81. The minimum atomic E-state index is -0.186. The van der Waals surface area contributed by atoms with Gasteiger partial charge in [-0.15, -0.1) is 24.0 Å². The summed E-state index contributed by atoms with van der Waals surface area (Å²) in [4.78, 5) is 16.0. The number of nitrogens with zero attached hydrogens (tertiary/aromatic N) is 1. The normalized spacial score (nSPS) is 15.6. The first kappa shape index (κ1) is 24.4. The number of nitrogens with one attached hydrogen (secondary N) is 2. The third-order valence-corrected chi connectivity index (χ3v) is 3.81. The number of guanidine groups is 1. The van der Waals surface area contributed by atoms with E-state index in [1.807, 2.05) is 20.8 Å². The van der Waals surface area contributed by atoms with Gasteiger partial charge in [-0.3, -0.25) is 9.79 Å². The fourth-order valence-corrected chi connectivity index (χ4v) is 2.68. The summed E-state index contributed by atoms with van der Waals surface area (Å²) in [5.74, 6) is 0.557. The molecule has 25 heavy (non-hydrogen) atoms. The van der Waals surface area contributed by atoms with Crippen LogP contribution in [0.3, 0.4) is 0 Å². The summed E-state index contributed by atoms with van der Waals surface area (Å²) in [6.45, 7) is 8.54. The van der Waals surface area contributed by atoms with Crippen LogP contribution in [-0.4, -0.2) is 50.4 Å². The van der Waals surface area contributed by atoms with Gasteiger partial charge < -0.3 is 20.1 Å². The Bertz CT molecular complexity index is 373. The maximum atomic E-state index is 11.5. The predicted molar refractivity (Wildman–Crippen MR) is 113 cm³/mol. The van der Waals surface area contributed by atoms with Gasteiger partial charge in [0.05, 0.1) is 18.6 Å². The Labute approximate surface area is 169 Å². The highest BCUT2D eigenvalue weighted by atomic mass is 127. The Hall–Kier alpha value is -0.570. The molecule has 1 saturated carbocycles. The van der Waals surface area contributed by atoms with Gasteiger partial charge in [-0.1, -0.05) is 19.3 Å². The minimum absolute atomic E-state index is 0. The number of hydrogen-bond donors (Lipinski definition) is 2. The molecule has 0 saturated heterocycles. The molecule has 6 nitrogen and oxygen atoms in total. The van der Waals surface area contributed by atoms with E-state index in [4.69, 9.17) is 9.47 Å². The summed E-state index contributed by atoms with van der Waals surface area (Å²) in [6.07, 6.45) is 8.03. The van der Waals surface area contributed by atoms with Crippen LogP contribution in [0.1, 0.15) is 65.7 Å². The average molecular weight is 469 g/mol. The molecule has 0 spiro atoms. The van der Waals surface area contributed by atoms with Crippen molar-refractivity contribution in [1.82, 2.24) is 10.6 Å². The zero-order chi connectivity index (χ0) is 17.6. The van der Waals surface area contributed by atoms with Crippen LogP contribution >= 0.6 is 24.0 Å². The van der Waals surface area contributed by atoms with Crippen molar-refractivity contribution in [2.45, 2.75) is 77.9 Å². The molecule has 2 N–H and O–H groups in total. The van der Waals surface area contributed by atoms with Gasteiger partial charge in [-0.05, 0) is 40.0 Å². The van der Waals surface area contributed by atoms with Gasteiger partial charge >= 0.3 is 5.97 Å². The van der Waals surface area contributed by atoms with Crippen molar-refractivity contribution in [3.8, 4) is 0 Å². The first-order chi connectivity index (χ1) is 11.6. The van der Waals surface area contributed by atoms with Crippen molar-refractivity contribution in [2.75, 3.05) is 26.2 Å². The molecule has 0 amide bonds. The van der Waals surface area contributed by atoms with E-state index in [-0.39, 0.29) is 36.0 Å². The second kappa shape index (κ2) is 15.7. The summed E-state index contributed by atoms with van der Waals surface area (Å²) in [5, 5.41) is 6.35. The van der Waals surface area contributed by atoms with Crippen molar-refractivity contribution in [3.05, 3.63) is 0 Å². The summed E-state index contributed by atoms with van der Waals surface area (Å²) in [5.41, 5.74) is 0. The number of ether oxygens (including phenoxy) is 2. The van der Waals surface area contributed by atoms with Crippen LogP contribution in [-0.2, 0) is 14.3 Å². The molecule has 0 aromatic carbocycles. The lowest BCUT2D eigenvalue weighted by molar-refractivity contribution is -0.147. The number of esters is 1. The highest BCUT2D eigenvalue weighted by molar-refractivity contribution is 14.0. The van der Waals surface area contributed by atoms with E-state index < -0.39 is 0 Å². The monoisotopic (exact) mass is 469 g/mol. The van der Waals surface area contributed by atoms with Crippen LogP contribution in [0, 0.1) is 0 Å². The van der Waals surface area contributed by atoms with E-state index in [0.29, 0.717) is 19.1 Å². The molecule has 7 heteroatoms. The van der Waals surface area contributed by atoms with E-state index >= 15 is 0 Å². The summed E-state index contributed by atoms with van der Waals surface area (Å²) in [6, 6.07) is 0. The number of carbonyl (C=O) groups excluding carboxylic acids is 1. The maximum Gasteiger partial charge on any atom is 0.307 e. The number of aliphatic imine (C=N–C) groups is 1. The van der Waals surface area contributed by atoms with Crippen molar-refractivity contribution in [3.63, 3.8) is 0 Å². The largest absolute Gasteiger partial charge is 0.463 e. The van der Waals surface area contributed by atoms with E-state index in [0.717, 1.165) is 32.1 Å². The zero-order valence-electron chi connectivity index (χ0n) is 16.0. The number of halogens is 1. The smallest absolute Gasteiger partial charge is 0.307 e. The van der Waals surface area contributed by atoms with Crippen molar-refractivity contribution < 1.29 is 14.3 Å². The van der Waals surface area contributed by atoms with Crippen LogP contribution in [0.25, 0.3) is 0 Å².